The zero-order valence-corrected chi connectivity index (χ0v) is 24.3. The first-order valence-corrected chi connectivity index (χ1v) is 14.6. The van der Waals surface area contributed by atoms with Crippen molar-refractivity contribution in [3.8, 4) is 0 Å². The molecule has 1 aliphatic rings. The van der Waals surface area contributed by atoms with Gasteiger partial charge in [0.05, 0.1) is 6.04 Å². The lowest BCUT2D eigenvalue weighted by atomic mass is 9.90. The summed E-state index contributed by atoms with van der Waals surface area (Å²) in [7, 11) is 0. The third kappa shape index (κ3) is 9.04. The van der Waals surface area contributed by atoms with Gasteiger partial charge in [0.15, 0.2) is 5.96 Å². The lowest BCUT2D eigenvalue weighted by Crippen LogP contribution is -2.49. The van der Waals surface area contributed by atoms with Gasteiger partial charge in [-0.05, 0) is 54.5 Å². The summed E-state index contributed by atoms with van der Waals surface area (Å²) in [6, 6.07) is 28.1. The summed E-state index contributed by atoms with van der Waals surface area (Å²) in [5, 5.41) is 6.56. The highest BCUT2D eigenvalue weighted by Crippen LogP contribution is 2.27. The molecule has 8 nitrogen and oxygen atoms in total. The number of nitrogens with two attached hydrogens (primary N) is 2. The molecule has 42 heavy (non-hydrogen) atoms. The number of nitrogens with zero attached hydrogens (tertiary/aromatic N) is 2. The van der Waals surface area contributed by atoms with Gasteiger partial charge in [0, 0.05) is 44.2 Å². The molecule has 2 amide bonds. The molecule has 1 fully saturated rings. The maximum absolute atomic E-state index is 13.9. The van der Waals surface area contributed by atoms with Gasteiger partial charge in [-0.25, -0.2) is 0 Å². The Labute approximate surface area is 248 Å². The first kappa shape index (κ1) is 30.5. The fourth-order valence-corrected chi connectivity index (χ4v) is 5.35. The van der Waals surface area contributed by atoms with Crippen molar-refractivity contribution in [3.05, 3.63) is 113 Å². The number of rotatable bonds is 12. The van der Waals surface area contributed by atoms with Crippen molar-refractivity contribution < 1.29 is 9.59 Å². The fraction of sp³-hybridized carbons (Fsp3) is 0.324. The lowest BCUT2D eigenvalue weighted by molar-refractivity contribution is -0.133. The van der Waals surface area contributed by atoms with Crippen LogP contribution in [0.1, 0.15) is 47.4 Å². The predicted molar refractivity (Wildman–Crippen MR) is 170 cm³/mol. The third-order valence-corrected chi connectivity index (χ3v) is 7.67. The number of benzene rings is 3. The van der Waals surface area contributed by atoms with Crippen molar-refractivity contribution in [1.82, 2.24) is 15.5 Å². The van der Waals surface area contributed by atoms with Crippen LogP contribution in [0.15, 0.2) is 96.0 Å². The van der Waals surface area contributed by atoms with Gasteiger partial charge in [-0.1, -0.05) is 84.9 Å². The molecule has 0 unspecified atom stereocenters. The smallest absolute Gasteiger partial charge is 0.244 e. The molecule has 3 aromatic rings. The average Bonchev–Trinajstić information content (AvgIpc) is 3.15. The summed E-state index contributed by atoms with van der Waals surface area (Å²) in [4.78, 5) is 32.6. The lowest BCUT2D eigenvalue weighted by Gasteiger charge is -2.29. The summed E-state index contributed by atoms with van der Waals surface area (Å²) in [5.41, 5.74) is 15.5. The van der Waals surface area contributed by atoms with Crippen molar-refractivity contribution in [2.24, 2.45) is 16.5 Å². The van der Waals surface area contributed by atoms with E-state index in [0.717, 1.165) is 11.1 Å². The summed E-state index contributed by atoms with van der Waals surface area (Å²) < 4.78 is 0. The van der Waals surface area contributed by atoms with Gasteiger partial charge in [0.1, 0.15) is 0 Å². The van der Waals surface area contributed by atoms with Crippen LogP contribution in [0.25, 0.3) is 6.08 Å². The number of carbonyl (C=O) groups is 2. The summed E-state index contributed by atoms with van der Waals surface area (Å²) >= 11 is 0. The quantitative estimate of drug-likeness (QED) is 0.115. The van der Waals surface area contributed by atoms with Crippen LogP contribution in [0.2, 0.25) is 0 Å². The number of carbonyl (C=O) groups excluding carboxylic acids is 2. The Balaban J connectivity index is 1.47. The van der Waals surface area contributed by atoms with Crippen LogP contribution >= 0.6 is 0 Å². The van der Waals surface area contributed by atoms with Crippen molar-refractivity contribution in [2.45, 2.75) is 44.2 Å². The second-order valence-corrected chi connectivity index (χ2v) is 10.7. The number of amides is 2. The van der Waals surface area contributed by atoms with E-state index >= 15 is 0 Å². The number of nitrogens with one attached hydrogen (secondary N) is 2. The van der Waals surface area contributed by atoms with E-state index in [2.05, 4.69) is 39.9 Å². The molecule has 0 bridgehead atoms. The minimum absolute atomic E-state index is 0.0430. The second kappa shape index (κ2) is 15.5. The Kier molecular flexibility index (Phi) is 11.3. The van der Waals surface area contributed by atoms with E-state index in [-0.39, 0.29) is 29.7 Å². The number of aryl methyl sites for hydroxylation is 1. The normalized spacial score (nSPS) is 17.3. The first-order chi connectivity index (χ1) is 20.4. The van der Waals surface area contributed by atoms with Gasteiger partial charge in [0.25, 0.3) is 0 Å². The Morgan fingerprint density at radius 2 is 1.67 bits per heavy atom. The van der Waals surface area contributed by atoms with E-state index < -0.39 is 6.04 Å². The van der Waals surface area contributed by atoms with Crippen LogP contribution in [0.5, 0.6) is 0 Å². The van der Waals surface area contributed by atoms with E-state index in [1.807, 2.05) is 78.6 Å². The van der Waals surface area contributed by atoms with Gasteiger partial charge in [-0.2, -0.15) is 0 Å². The minimum Gasteiger partial charge on any atom is -0.370 e. The molecule has 220 valence electrons. The molecule has 0 spiro atoms. The average molecular weight is 567 g/mol. The monoisotopic (exact) mass is 566 g/mol. The largest absolute Gasteiger partial charge is 0.370 e. The molecule has 0 radical (unpaired) electrons. The molecule has 1 heterocycles. The number of hydrogen-bond donors (Lipinski definition) is 4. The molecule has 0 aromatic heterocycles. The summed E-state index contributed by atoms with van der Waals surface area (Å²) in [6.45, 7) is 4.05. The zero-order valence-electron chi connectivity index (χ0n) is 24.3. The molecular weight excluding hydrogens is 524 g/mol. The molecule has 2 atom stereocenters. The van der Waals surface area contributed by atoms with Crippen LogP contribution in [0, 0.1) is 6.92 Å². The number of aliphatic imine (C=N–C) groups is 1. The Morgan fingerprint density at radius 3 is 2.31 bits per heavy atom. The van der Waals surface area contributed by atoms with Gasteiger partial charge >= 0.3 is 0 Å². The van der Waals surface area contributed by atoms with Gasteiger partial charge in [-0.3, -0.25) is 14.6 Å². The minimum atomic E-state index is -0.404. The van der Waals surface area contributed by atoms with Gasteiger partial charge in [-0.15, -0.1) is 0 Å². The molecule has 8 heteroatoms. The maximum atomic E-state index is 13.9. The maximum Gasteiger partial charge on any atom is 0.244 e. The SMILES string of the molecule is Cc1ccccc1C=CC(=O)NC[C@@H]1CCN(CC(c2ccccc2)c2ccccc2)C(=O)[C@H](CCCN=C(N)N)N1. The van der Waals surface area contributed by atoms with Crippen LogP contribution in [-0.4, -0.2) is 60.9 Å². The highest BCUT2D eigenvalue weighted by atomic mass is 16.2. The van der Waals surface area contributed by atoms with Crippen LogP contribution in [0.4, 0.5) is 0 Å². The Bertz CT molecular complexity index is 1320. The van der Waals surface area contributed by atoms with E-state index in [9.17, 15) is 9.59 Å². The predicted octanol–water partition coefficient (Wildman–Crippen LogP) is 3.57. The zero-order chi connectivity index (χ0) is 29.7. The topological polar surface area (TPSA) is 126 Å². The number of guanidine groups is 1. The van der Waals surface area contributed by atoms with Crippen LogP contribution < -0.4 is 22.1 Å². The Morgan fingerprint density at radius 1 is 1.02 bits per heavy atom. The van der Waals surface area contributed by atoms with Crippen molar-refractivity contribution in [2.75, 3.05) is 26.2 Å². The van der Waals surface area contributed by atoms with Crippen LogP contribution in [0.3, 0.4) is 0 Å². The Hall–Kier alpha value is -4.43. The summed E-state index contributed by atoms with van der Waals surface area (Å²) in [6.07, 6.45) is 5.36. The molecule has 3 aromatic carbocycles. The summed E-state index contributed by atoms with van der Waals surface area (Å²) in [5.74, 6) is -0.0130. The molecule has 6 N–H and O–H groups in total. The van der Waals surface area contributed by atoms with Gasteiger partial charge < -0.3 is 27.0 Å². The highest BCUT2D eigenvalue weighted by Gasteiger charge is 2.32. The van der Waals surface area contributed by atoms with E-state index in [1.165, 1.54) is 11.1 Å². The highest BCUT2D eigenvalue weighted by molar-refractivity contribution is 5.92. The molecule has 1 aliphatic heterocycles. The third-order valence-electron chi connectivity index (χ3n) is 7.67. The van der Waals surface area contributed by atoms with Crippen molar-refractivity contribution in [3.63, 3.8) is 0 Å². The fourth-order valence-electron chi connectivity index (χ4n) is 5.35. The first-order valence-electron chi connectivity index (χ1n) is 14.6. The molecule has 0 saturated carbocycles. The van der Waals surface area contributed by atoms with Crippen LogP contribution in [-0.2, 0) is 9.59 Å². The molecule has 1 saturated heterocycles. The van der Waals surface area contributed by atoms with Crippen molar-refractivity contribution >= 4 is 23.8 Å². The van der Waals surface area contributed by atoms with Gasteiger partial charge in [0.2, 0.25) is 11.8 Å². The molecular formula is C34H42N6O2. The van der Waals surface area contributed by atoms with E-state index in [1.54, 1.807) is 6.08 Å². The molecule has 4 rings (SSSR count). The van der Waals surface area contributed by atoms with E-state index in [0.29, 0.717) is 45.4 Å². The second-order valence-electron chi connectivity index (χ2n) is 10.7. The standard InChI is InChI=1S/C34H42N6O2/c1-25-11-8-9-12-26(25)18-19-32(41)38-23-29-20-22-40(33(42)31(39-29)17-10-21-37-34(35)36)24-30(27-13-4-2-5-14-27)28-15-6-3-7-16-28/h2-9,11-16,18-19,29-31,39H,10,17,20-24H2,1H3,(H,38,41)(H4,35,36,37)/t29-,31-/m0/s1. The van der Waals surface area contributed by atoms with E-state index in [4.69, 9.17) is 11.5 Å². The molecule has 0 aliphatic carbocycles. The van der Waals surface area contributed by atoms with Crippen molar-refractivity contribution in [1.29, 1.82) is 0 Å². The number of hydrogen-bond acceptors (Lipinski definition) is 4.